The van der Waals surface area contributed by atoms with Gasteiger partial charge in [-0.1, -0.05) is 0 Å². The van der Waals surface area contributed by atoms with Crippen molar-refractivity contribution in [2.45, 2.75) is 0 Å². The SMILES string of the molecule is [Fe].[Ni+3].[OH-].[OH-].[OH-]. The van der Waals surface area contributed by atoms with Crippen molar-refractivity contribution in [3.8, 4) is 0 Å². The van der Waals surface area contributed by atoms with Crippen molar-refractivity contribution in [3.63, 3.8) is 0 Å². The Bertz CT molecular complexity index is 6.85. The van der Waals surface area contributed by atoms with Gasteiger partial charge in [0.2, 0.25) is 0 Å². The standard InChI is InChI=1S/Fe.Ni.3H2O/h;;3*1H2/q;+3;;;/p-3. The van der Waals surface area contributed by atoms with Crippen molar-refractivity contribution in [2.75, 3.05) is 0 Å². The zero-order valence-electron chi connectivity index (χ0n) is 2.01. The van der Waals surface area contributed by atoms with E-state index in [-0.39, 0.29) is 50.0 Å². The number of hydrogen-bond acceptors (Lipinski definition) is 3. The van der Waals surface area contributed by atoms with Crippen LogP contribution in [0.3, 0.4) is 0 Å². The van der Waals surface area contributed by atoms with Gasteiger partial charge in [-0.25, -0.2) is 0 Å². The van der Waals surface area contributed by atoms with E-state index in [1.165, 1.54) is 0 Å². The van der Waals surface area contributed by atoms with Crippen molar-refractivity contribution < 1.29 is 50.0 Å². The molecule has 0 aliphatic carbocycles. The van der Waals surface area contributed by atoms with Gasteiger partial charge in [0.1, 0.15) is 0 Å². The molecule has 0 unspecified atom stereocenters. The van der Waals surface area contributed by atoms with Crippen LogP contribution in [0, 0.1) is 0 Å². The van der Waals surface area contributed by atoms with Crippen LogP contribution in [0.5, 0.6) is 0 Å². The topological polar surface area (TPSA) is 90.0 Å². The second-order valence-electron chi connectivity index (χ2n) is 0. The molecule has 0 amide bonds. The fraction of sp³-hybridized carbons (Fsp3) is 0. The molecule has 3 N–H and O–H groups in total. The van der Waals surface area contributed by atoms with Crippen molar-refractivity contribution in [1.29, 1.82) is 0 Å². The molecule has 0 aromatic carbocycles. The maximum absolute atomic E-state index is 0. The summed E-state index contributed by atoms with van der Waals surface area (Å²) >= 11 is 0. The fourth-order valence-electron chi connectivity index (χ4n) is 0. The van der Waals surface area contributed by atoms with Crippen LogP contribution in [0.15, 0.2) is 0 Å². The first-order valence-corrected chi connectivity index (χ1v) is 0. The summed E-state index contributed by atoms with van der Waals surface area (Å²) in [7, 11) is 0. The Morgan fingerprint density at radius 1 is 0.600 bits per heavy atom. The first kappa shape index (κ1) is 177. The molecule has 0 bridgehead atoms. The van der Waals surface area contributed by atoms with Gasteiger partial charge in [0.05, 0.1) is 0 Å². The molecule has 1 radical (unpaired) electrons. The van der Waals surface area contributed by atoms with E-state index in [4.69, 9.17) is 0 Å². The summed E-state index contributed by atoms with van der Waals surface area (Å²) in [5.74, 6) is 0. The van der Waals surface area contributed by atoms with Crippen LogP contribution in [0.1, 0.15) is 0 Å². The Labute approximate surface area is 50.5 Å². The molecule has 5 heavy (non-hydrogen) atoms. The van der Waals surface area contributed by atoms with Crippen LogP contribution >= 0.6 is 0 Å². The molecule has 0 rings (SSSR count). The molecule has 0 aliphatic rings. The van der Waals surface area contributed by atoms with E-state index in [0.29, 0.717) is 0 Å². The molecule has 0 heterocycles. The Morgan fingerprint density at radius 3 is 0.600 bits per heavy atom. The Morgan fingerprint density at radius 2 is 0.600 bits per heavy atom. The van der Waals surface area contributed by atoms with Crippen LogP contribution in [0.25, 0.3) is 0 Å². The van der Waals surface area contributed by atoms with Crippen LogP contribution in [0.2, 0.25) is 0 Å². The third kappa shape index (κ3) is 51.4. The maximum Gasteiger partial charge on any atom is 3.00 e. The van der Waals surface area contributed by atoms with Crippen LogP contribution in [0.4, 0.5) is 0 Å². The van der Waals surface area contributed by atoms with Crippen molar-refractivity contribution >= 4 is 0 Å². The third-order valence-corrected chi connectivity index (χ3v) is 0. The first-order valence-electron chi connectivity index (χ1n) is 0. The smallest absolute Gasteiger partial charge is 0.870 e. The van der Waals surface area contributed by atoms with Gasteiger partial charge >= 0.3 is 16.5 Å². The summed E-state index contributed by atoms with van der Waals surface area (Å²) in [5.41, 5.74) is 0. The first-order chi connectivity index (χ1) is 0. The second kappa shape index (κ2) is 93.0. The monoisotopic (exact) mass is 165 g/mol. The molecule has 0 atom stereocenters. The quantitative estimate of drug-likeness (QED) is 0.452. The summed E-state index contributed by atoms with van der Waals surface area (Å²) in [6, 6.07) is 0. The van der Waals surface area contributed by atoms with E-state index in [0.717, 1.165) is 0 Å². The van der Waals surface area contributed by atoms with Gasteiger partial charge in [0.25, 0.3) is 0 Å². The summed E-state index contributed by atoms with van der Waals surface area (Å²) in [6.45, 7) is 0. The number of rotatable bonds is 0. The van der Waals surface area contributed by atoms with E-state index in [2.05, 4.69) is 0 Å². The van der Waals surface area contributed by atoms with Crippen LogP contribution in [-0.2, 0) is 33.6 Å². The predicted octanol–water partition coefficient (Wildman–Crippen LogP) is -0.535. The van der Waals surface area contributed by atoms with Gasteiger partial charge in [-0.3, -0.25) is 0 Å². The molecule has 0 fully saturated rings. The van der Waals surface area contributed by atoms with Crippen LogP contribution in [-0.4, -0.2) is 16.4 Å². The predicted molar refractivity (Wildman–Crippen MR) is 5.81 cm³/mol. The Hall–Kier alpha value is 0.893. The molecular formula is H3FeNiO3. The van der Waals surface area contributed by atoms with Crippen molar-refractivity contribution in [1.82, 2.24) is 0 Å². The van der Waals surface area contributed by atoms with Gasteiger partial charge in [-0.15, -0.1) is 0 Å². The minimum absolute atomic E-state index is 0. The molecule has 0 saturated carbocycles. The van der Waals surface area contributed by atoms with Gasteiger partial charge in [0, 0.05) is 17.1 Å². The Kier molecular flexibility index (Phi) is 3290. The zero-order chi connectivity index (χ0) is 0. The third-order valence-electron chi connectivity index (χ3n) is 0. The van der Waals surface area contributed by atoms with E-state index in [1.54, 1.807) is 0 Å². The van der Waals surface area contributed by atoms with Gasteiger partial charge < -0.3 is 16.4 Å². The molecule has 0 aliphatic heterocycles. The zero-order valence-corrected chi connectivity index (χ0v) is 4.10. The average Bonchev–Trinajstić information content (AvgIpc) is 0. The Balaban J connectivity index is 0. The van der Waals surface area contributed by atoms with Crippen molar-refractivity contribution in [2.24, 2.45) is 0 Å². The molecule has 39 valence electrons. The number of hydrogen-bond donors (Lipinski definition) is 0. The van der Waals surface area contributed by atoms with Gasteiger partial charge in [0.15, 0.2) is 0 Å². The molecular weight excluding hydrogens is 163 g/mol. The molecule has 5 heteroatoms. The summed E-state index contributed by atoms with van der Waals surface area (Å²) < 4.78 is 0. The minimum atomic E-state index is 0. The summed E-state index contributed by atoms with van der Waals surface area (Å²) in [6.07, 6.45) is 0. The molecule has 0 aromatic rings. The largest absolute Gasteiger partial charge is 3.00 e. The second-order valence-corrected chi connectivity index (χ2v) is 0. The van der Waals surface area contributed by atoms with E-state index >= 15 is 0 Å². The fourth-order valence-corrected chi connectivity index (χ4v) is 0. The van der Waals surface area contributed by atoms with Gasteiger partial charge in [-0.05, 0) is 0 Å². The van der Waals surface area contributed by atoms with E-state index < -0.39 is 0 Å². The molecule has 3 nitrogen and oxygen atoms in total. The minimum Gasteiger partial charge on any atom is -0.870 e. The maximum atomic E-state index is 0. The molecule has 0 saturated heterocycles. The van der Waals surface area contributed by atoms with E-state index in [9.17, 15) is 0 Å². The normalized spacial score (nSPS) is 0. The van der Waals surface area contributed by atoms with Crippen LogP contribution < -0.4 is 0 Å². The average molecular weight is 166 g/mol. The van der Waals surface area contributed by atoms with Crippen molar-refractivity contribution in [3.05, 3.63) is 0 Å². The molecule has 0 spiro atoms. The molecule has 0 aromatic heterocycles. The summed E-state index contributed by atoms with van der Waals surface area (Å²) in [4.78, 5) is 0. The van der Waals surface area contributed by atoms with Gasteiger partial charge in [-0.2, -0.15) is 0 Å². The summed E-state index contributed by atoms with van der Waals surface area (Å²) in [5, 5.41) is 0. The van der Waals surface area contributed by atoms with E-state index in [1.807, 2.05) is 0 Å².